The van der Waals surface area contributed by atoms with E-state index >= 15 is 0 Å². The van der Waals surface area contributed by atoms with Crippen molar-refractivity contribution in [1.29, 1.82) is 11.0 Å². The van der Waals surface area contributed by atoms with E-state index in [1.54, 1.807) is 76.2 Å². The van der Waals surface area contributed by atoms with Gasteiger partial charge in [-0.3, -0.25) is 9.11 Å². The zero-order valence-corrected chi connectivity index (χ0v) is 29.0. The molecule has 0 aliphatic heterocycles. The molecule has 6 N–H and O–H groups in total. The summed E-state index contributed by atoms with van der Waals surface area (Å²) in [6, 6.07) is 19.3. The SMILES string of the molecule is [H]/N=N/C1=C(O)c2ccccc2C(c2c(C)cc(-c3cc(C)c(C4(S(=O)(=O)O)CC(/N=N/[H])=C(O)c5ccccc54)c(C)c3)cc2C)(S(=O)(=O)O)C1. The summed E-state index contributed by atoms with van der Waals surface area (Å²) < 4.78 is 86.6. The second-order valence-corrected chi connectivity index (χ2v) is 16.1. The second kappa shape index (κ2) is 11.8. The lowest BCUT2D eigenvalue weighted by atomic mass is 9.74. The number of fused-ring (bicyclic) bond motifs is 2. The van der Waals surface area contributed by atoms with Gasteiger partial charge in [-0.1, -0.05) is 72.8 Å². The molecule has 0 saturated carbocycles. The number of hydrogen-bond donors (Lipinski definition) is 6. The Hall–Kier alpha value is -5.02. The van der Waals surface area contributed by atoms with Gasteiger partial charge in [0.1, 0.15) is 22.9 Å². The standard InChI is InChI=1S/C36H34N4O8S2/c1-19-13-23(14-20(2)31(19)35(49(43,44)45)17-29(39-37)33(41)25-9-5-7-11-27(25)35)24-15-21(3)32(22(4)16-24)36(50(46,47)48)18-30(40-38)34(42)26-10-6-8-12-28(26)36/h5-16,37-38,41-42H,17-18H2,1-4H3,(H,43,44,45)(H,46,47,48)/b39-37+,40-38+. The molecule has 0 aromatic heterocycles. The number of aliphatic hydroxyl groups is 2. The topological polar surface area (TPSA) is 222 Å². The Bertz CT molecular complexity index is 2310. The van der Waals surface area contributed by atoms with Gasteiger partial charge < -0.3 is 10.2 Å². The molecule has 4 aromatic carbocycles. The smallest absolute Gasteiger partial charge is 0.279 e. The van der Waals surface area contributed by atoms with Gasteiger partial charge in [-0.25, -0.2) is 11.0 Å². The molecular formula is C36H34N4O8S2. The highest BCUT2D eigenvalue weighted by Gasteiger charge is 2.54. The maximum Gasteiger partial charge on any atom is 0.279 e. The lowest BCUT2D eigenvalue weighted by Crippen LogP contribution is -2.41. The van der Waals surface area contributed by atoms with Crippen LogP contribution in [0.3, 0.4) is 0 Å². The van der Waals surface area contributed by atoms with Gasteiger partial charge in [0, 0.05) is 24.0 Å². The molecule has 12 nitrogen and oxygen atoms in total. The lowest BCUT2D eigenvalue weighted by Gasteiger charge is -2.39. The van der Waals surface area contributed by atoms with Crippen molar-refractivity contribution in [1.82, 2.24) is 0 Å². The molecule has 0 heterocycles. The Labute approximate surface area is 292 Å². The van der Waals surface area contributed by atoms with E-state index in [1.807, 2.05) is 0 Å². The lowest BCUT2D eigenvalue weighted by molar-refractivity contribution is 0.429. The zero-order valence-electron chi connectivity index (χ0n) is 29.4. The summed E-state index contributed by atoms with van der Waals surface area (Å²) >= 11 is 0. The van der Waals surface area contributed by atoms with Crippen molar-refractivity contribution in [2.24, 2.45) is 10.2 Å². The van der Waals surface area contributed by atoms with E-state index in [1.165, 1.54) is 24.3 Å². The first-order chi connectivity index (χ1) is 24.4. The van der Waals surface area contributed by atoms with Crippen LogP contribution in [0.25, 0.3) is 22.6 Å². The summed E-state index contributed by atoms with van der Waals surface area (Å²) in [5, 5.41) is 29.3. The quantitative estimate of drug-likeness (QED) is 0.0807. The summed E-state index contributed by atoms with van der Waals surface area (Å²) in [6.07, 6.45) is -1.01. The number of nitrogens with zero attached hydrogens (tertiary/aromatic N) is 2. The van der Waals surface area contributed by atoms with Crippen molar-refractivity contribution in [3.8, 4) is 11.1 Å². The van der Waals surface area contributed by atoms with E-state index in [0.717, 1.165) is 0 Å². The van der Waals surface area contributed by atoms with Gasteiger partial charge in [-0.15, -0.1) is 0 Å². The van der Waals surface area contributed by atoms with Crippen LogP contribution in [0, 0.1) is 38.7 Å². The largest absolute Gasteiger partial charge is 0.505 e. The van der Waals surface area contributed by atoms with Gasteiger partial charge >= 0.3 is 0 Å². The maximum absolute atomic E-state index is 13.6. The highest BCUT2D eigenvalue weighted by molar-refractivity contribution is 7.87. The number of aliphatic hydroxyl groups excluding tert-OH is 2. The highest BCUT2D eigenvalue weighted by atomic mass is 32.2. The molecule has 0 saturated heterocycles. The first-order valence-corrected chi connectivity index (χ1v) is 18.2. The van der Waals surface area contributed by atoms with Gasteiger partial charge in [-0.2, -0.15) is 27.1 Å². The average Bonchev–Trinajstić information content (AvgIpc) is 3.07. The molecule has 0 radical (unpaired) electrons. The van der Waals surface area contributed by atoms with Crippen LogP contribution in [-0.4, -0.2) is 36.2 Å². The minimum atomic E-state index is -4.98. The van der Waals surface area contributed by atoms with Gasteiger partial charge in [0.2, 0.25) is 2.82 Å². The van der Waals surface area contributed by atoms with Crippen LogP contribution in [0.4, 0.5) is 0 Å². The molecule has 0 amide bonds. The predicted molar refractivity (Wildman–Crippen MR) is 187 cm³/mol. The molecule has 2 atom stereocenters. The normalized spacial score (nSPS) is 21.7. The predicted octanol–water partition coefficient (Wildman–Crippen LogP) is 8.17. The van der Waals surface area contributed by atoms with Gasteiger partial charge in [0.05, 0.1) is 0 Å². The van der Waals surface area contributed by atoms with Gasteiger partial charge in [-0.05, 0) is 83.3 Å². The molecule has 2 aliphatic carbocycles. The third kappa shape index (κ3) is 4.85. The fourth-order valence-electron chi connectivity index (χ4n) is 8.09. The number of rotatable bonds is 7. The number of nitrogens with one attached hydrogen (secondary N) is 2. The van der Waals surface area contributed by atoms with Gasteiger partial charge in [0.25, 0.3) is 20.2 Å². The maximum atomic E-state index is 13.6. The minimum absolute atomic E-state index is 0.117. The van der Waals surface area contributed by atoms with E-state index in [2.05, 4.69) is 21.3 Å². The third-order valence-electron chi connectivity index (χ3n) is 9.94. The van der Waals surface area contributed by atoms with Crippen LogP contribution in [0.1, 0.15) is 68.5 Å². The van der Waals surface area contributed by atoms with Crippen molar-refractivity contribution in [2.75, 3.05) is 0 Å². The fourth-order valence-corrected chi connectivity index (χ4v) is 10.8. The molecule has 0 spiro atoms. The molecule has 6 rings (SSSR count). The number of benzene rings is 4. The van der Waals surface area contributed by atoms with Crippen molar-refractivity contribution in [3.05, 3.63) is 140 Å². The zero-order chi connectivity index (χ0) is 38.0. The van der Waals surface area contributed by atoms with E-state index in [9.17, 15) is 36.2 Å². The Balaban J connectivity index is 1.57. The summed E-state index contributed by atoms with van der Waals surface area (Å²) in [4.78, 5) is 0. The Morgan fingerprint density at radius 2 is 0.940 bits per heavy atom. The molecule has 2 aliphatic rings. The fraction of sp³-hybridized carbons (Fsp3) is 0.222. The summed E-state index contributed by atoms with van der Waals surface area (Å²) in [7, 11) is -9.95. The summed E-state index contributed by atoms with van der Waals surface area (Å²) in [6.45, 7) is 6.75. The van der Waals surface area contributed by atoms with Crippen molar-refractivity contribution < 1.29 is 39.0 Å². The Morgan fingerprint density at radius 1 is 0.620 bits per heavy atom. The van der Waals surface area contributed by atoms with E-state index in [-0.39, 0.29) is 56.3 Å². The summed E-state index contributed by atoms with van der Waals surface area (Å²) in [5.74, 6) is -0.708. The van der Waals surface area contributed by atoms with Crippen molar-refractivity contribution in [3.63, 3.8) is 0 Å². The van der Waals surface area contributed by atoms with Gasteiger partial charge in [0.15, 0.2) is 9.49 Å². The first-order valence-electron chi connectivity index (χ1n) is 16.3. The van der Waals surface area contributed by atoms with Crippen LogP contribution in [0.2, 0.25) is 2.82 Å². The third-order valence-corrected chi connectivity index (χ3v) is 12.8. The highest BCUT2D eigenvalue weighted by Crippen LogP contribution is 2.54. The molecule has 0 fully saturated rings. The Morgan fingerprint density at radius 3 is 1.24 bits per heavy atom. The van der Waals surface area contributed by atoms with E-state index < -0.39 is 42.6 Å². The van der Waals surface area contributed by atoms with Crippen LogP contribution in [0.15, 0.2) is 94.4 Å². The average molecular weight is 715 g/mol. The summed E-state index contributed by atoms with van der Waals surface area (Å²) in [5.41, 5.74) is 9.75. The van der Waals surface area contributed by atoms with Crippen LogP contribution < -0.4 is 0 Å². The second-order valence-electron chi connectivity index (χ2n) is 12.8. The molecule has 2 unspecified atom stereocenters. The molecule has 14 heteroatoms. The number of hydrogen-bond acceptors (Lipinski definition) is 10. The first kappa shape index (κ1) is 32.2. The van der Waals surface area contributed by atoms with E-state index in [0.29, 0.717) is 33.4 Å². The molecular weight excluding hydrogens is 681 g/mol. The molecule has 258 valence electrons. The number of allylic oxidation sites excluding steroid dienone is 2. The minimum Gasteiger partial charge on any atom is -0.505 e. The van der Waals surface area contributed by atoms with Crippen molar-refractivity contribution >= 4 is 31.8 Å². The number of aryl methyl sites for hydroxylation is 4. The van der Waals surface area contributed by atoms with Crippen LogP contribution in [-0.2, 0) is 29.7 Å². The molecule has 0 bridgehead atoms. The Kier molecular flexibility index (Phi) is 7.60. The van der Waals surface area contributed by atoms with Crippen molar-refractivity contribution in [2.45, 2.75) is 50.0 Å². The molecule has 50 heavy (non-hydrogen) atoms. The van der Waals surface area contributed by atoms with Crippen LogP contribution in [0.5, 0.6) is 0 Å². The van der Waals surface area contributed by atoms with E-state index in [4.69, 9.17) is 2.82 Å². The monoisotopic (exact) mass is 714 g/mol. The van der Waals surface area contributed by atoms with Crippen LogP contribution >= 0.6 is 0 Å². The molecule has 4 aromatic rings.